The van der Waals surface area contributed by atoms with E-state index in [1.54, 1.807) is 12.8 Å². The summed E-state index contributed by atoms with van der Waals surface area (Å²) in [6, 6.07) is 0. The average molecular weight is 228 g/mol. The molecule has 0 aromatic carbocycles. The Balaban J connectivity index is 2.07. The van der Waals surface area contributed by atoms with Crippen molar-refractivity contribution in [1.29, 1.82) is 0 Å². The fourth-order valence-electron chi connectivity index (χ4n) is 4.15. The van der Waals surface area contributed by atoms with Gasteiger partial charge in [0.25, 0.3) is 0 Å². The summed E-state index contributed by atoms with van der Waals surface area (Å²) in [4.78, 5) is 0. The van der Waals surface area contributed by atoms with Crippen LogP contribution in [0.3, 0.4) is 0 Å². The predicted octanol–water partition coefficient (Wildman–Crippen LogP) is 4.14. The lowest BCUT2D eigenvalue weighted by Crippen LogP contribution is -2.32. The molecule has 0 amide bonds. The van der Waals surface area contributed by atoms with E-state index in [1.165, 1.54) is 6.42 Å². The highest BCUT2D eigenvalue weighted by atomic mass is 32.3. The van der Waals surface area contributed by atoms with Gasteiger partial charge in [0, 0.05) is 0 Å². The average Bonchev–Trinajstić information content (AvgIpc) is 2.57. The first-order chi connectivity index (χ1) is 6.69. The highest BCUT2D eigenvalue weighted by Gasteiger charge is 2.51. The molecule has 4 atom stereocenters. The molecule has 0 aromatic heterocycles. The van der Waals surface area contributed by atoms with E-state index in [4.69, 9.17) is 0 Å². The first kappa shape index (κ1) is 11.8. The van der Waals surface area contributed by atoms with Crippen LogP contribution in [-0.4, -0.2) is 24.0 Å². The molecular formula is C14H28S. The molecule has 1 heteroatoms. The van der Waals surface area contributed by atoms with Gasteiger partial charge in [0.15, 0.2) is 0 Å². The third-order valence-corrected chi connectivity index (χ3v) is 7.21. The minimum absolute atomic E-state index is 0.302. The van der Waals surface area contributed by atoms with Gasteiger partial charge in [-0.3, -0.25) is 0 Å². The van der Waals surface area contributed by atoms with Gasteiger partial charge in [0.2, 0.25) is 0 Å². The maximum atomic E-state index is 2.52. The minimum Gasteiger partial charge on any atom is -0.247 e. The van der Waals surface area contributed by atoms with Crippen molar-refractivity contribution in [3.8, 4) is 0 Å². The van der Waals surface area contributed by atoms with Crippen molar-refractivity contribution in [2.24, 2.45) is 23.2 Å². The van der Waals surface area contributed by atoms with E-state index in [0.29, 0.717) is 5.41 Å². The summed E-state index contributed by atoms with van der Waals surface area (Å²) in [5.74, 6) is 3.15. The van der Waals surface area contributed by atoms with Crippen LogP contribution in [0.5, 0.6) is 0 Å². The van der Waals surface area contributed by atoms with Gasteiger partial charge in [-0.1, -0.05) is 20.8 Å². The van der Waals surface area contributed by atoms with Crippen LogP contribution < -0.4 is 0 Å². The summed E-state index contributed by atoms with van der Waals surface area (Å²) in [7, 11) is -0.302. The molecule has 2 bridgehead atoms. The van der Waals surface area contributed by atoms with Crippen LogP contribution >= 0.6 is 10.0 Å². The summed E-state index contributed by atoms with van der Waals surface area (Å²) in [5.41, 5.74) is 0.553. The van der Waals surface area contributed by atoms with E-state index in [-0.39, 0.29) is 10.0 Å². The Kier molecular flexibility index (Phi) is 2.70. The lowest BCUT2D eigenvalue weighted by Gasteiger charge is -2.43. The van der Waals surface area contributed by atoms with Crippen LogP contribution in [0.1, 0.15) is 40.0 Å². The van der Waals surface area contributed by atoms with Gasteiger partial charge in [-0.15, -0.1) is 0 Å². The van der Waals surface area contributed by atoms with Crippen molar-refractivity contribution >= 4 is 10.0 Å². The van der Waals surface area contributed by atoms with Gasteiger partial charge in [0.05, 0.1) is 0 Å². The topological polar surface area (TPSA) is 0 Å². The maximum absolute atomic E-state index is 2.52. The van der Waals surface area contributed by atoms with Crippen molar-refractivity contribution < 1.29 is 0 Å². The van der Waals surface area contributed by atoms with Gasteiger partial charge in [-0.05, 0) is 66.4 Å². The largest absolute Gasteiger partial charge is 0.247 e. The Morgan fingerprint density at radius 2 is 1.47 bits per heavy atom. The molecule has 0 aromatic rings. The Bertz CT molecular complexity index is 217. The zero-order valence-electron chi connectivity index (χ0n) is 11.3. The molecule has 0 radical (unpaired) electrons. The summed E-state index contributed by atoms with van der Waals surface area (Å²) < 4.78 is 0. The SMILES string of the molecule is CC(C)(C)C1CC2CC1CC2S(C)(C)C. The van der Waals surface area contributed by atoms with Crippen molar-refractivity contribution in [2.75, 3.05) is 18.8 Å². The third-order valence-electron chi connectivity index (χ3n) is 4.81. The van der Waals surface area contributed by atoms with Crippen molar-refractivity contribution in [1.82, 2.24) is 0 Å². The van der Waals surface area contributed by atoms with Crippen LogP contribution in [0.25, 0.3) is 0 Å². The molecule has 0 spiro atoms. The second-order valence-electron chi connectivity index (χ2n) is 7.67. The van der Waals surface area contributed by atoms with E-state index in [9.17, 15) is 0 Å². The lowest BCUT2D eigenvalue weighted by molar-refractivity contribution is 0.163. The van der Waals surface area contributed by atoms with Crippen LogP contribution in [0.15, 0.2) is 0 Å². The van der Waals surface area contributed by atoms with Crippen molar-refractivity contribution in [2.45, 2.75) is 45.3 Å². The molecule has 0 nitrogen and oxygen atoms in total. The van der Waals surface area contributed by atoms with Crippen LogP contribution in [0.4, 0.5) is 0 Å². The molecule has 0 heterocycles. The van der Waals surface area contributed by atoms with Crippen molar-refractivity contribution in [3.63, 3.8) is 0 Å². The molecule has 2 aliphatic rings. The van der Waals surface area contributed by atoms with E-state index >= 15 is 0 Å². The standard InChI is InChI=1S/C14H28S/c1-14(2,3)12-8-11-7-10(12)9-13(11)15(4,5)6/h10-13H,7-9H2,1-6H3. The van der Waals surface area contributed by atoms with E-state index in [0.717, 1.165) is 23.0 Å². The van der Waals surface area contributed by atoms with Gasteiger partial charge >= 0.3 is 0 Å². The number of hydrogen-bond acceptors (Lipinski definition) is 0. The quantitative estimate of drug-likeness (QED) is 0.633. The molecule has 0 N–H and O–H groups in total. The molecule has 2 aliphatic carbocycles. The Labute approximate surface area is 97.5 Å². The predicted molar refractivity (Wildman–Crippen MR) is 72.9 cm³/mol. The van der Waals surface area contributed by atoms with Crippen LogP contribution in [0.2, 0.25) is 0 Å². The zero-order chi connectivity index (χ0) is 11.4. The number of rotatable bonds is 1. The summed E-state index contributed by atoms with van der Waals surface area (Å²) in [6.45, 7) is 7.33. The van der Waals surface area contributed by atoms with Crippen molar-refractivity contribution in [3.05, 3.63) is 0 Å². The Morgan fingerprint density at radius 1 is 0.867 bits per heavy atom. The highest BCUT2D eigenvalue weighted by Crippen LogP contribution is 2.63. The smallest absolute Gasteiger partial charge is 0.00879 e. The molecule has 4 unspecified atom stereocenters. The van der Waals surface area contributed by atoms with E-state index in [1.807, 2.05) is 0 Å². The Morgan fingerprint density at radius 3 is 1.80 bits per heavy atom. The first-order valence-electron chi connectivity index (χ1n) is 6.37. The van der Waals surface area contributed by atoms with Crippen LogP contribution in [0, 0.1) is 23.2 Å². The first-order valence-corrected chi connectivity index (χ1v) is 9.29. The number of hydrogen-bond donors (Lipinski definition) is 0. The second-order valence-corrected chi connectivity index (χ2v) is 12.1. The molecule has 15 heavy (non-hydrogen) atoms. The molecular weight excluding hydrogens is 200 g/mol. The highest BCUT2D eigenvalue weighted by molar-refractivity contribution is 8.32. The fraction of sp³-hybridized carbons (Fsp3) is 1.00. The molecule has 0 saturated heterocycles. The summed E-state index contributed by atoms with van der Waals surface area (Å²) >= 11 is 0. The monoisotopic (exact) mass is 228 g/mol. The summed E-state index contributed by atoms with van der Waals surface area (Å²) in [5, 5.41) is 1.08. The minimum atomic E-state index is -0.302. The van der Waals surface area contributed by atoms with Gasteiger partial charge < -0.3 is 0 Å². The lowest BCUT2D eigenvalue weighted by atomic mass is 9.71. The third kappa shape index (κ3) is 2.09. The molecule has 2 fully saturated rings. The normalized spacial score (nSPS) is 42.3. The molecule has 2 saturated carbocycles. The zero-order valence-corrected chi connectivity index (χ0v) is 12.2. The van der Waals surface area contributed by atoms with Crippen LogP contribution in [-0.2, 0) is 0 Å². The van der Waals surface area contributed by atoms with Gasteiger partial charge in [-0.2, -0.15) is 0 Å². The molecule has 0 aliphatic heterocycles. The Hall–Kier alpha value is 0.350. The summed E-state index contributed by atoms with van der Waals surface area (Å²) in [6.07, 6.45) is 12.2. The fourth-order valence-corrected chi connectivity index (χ4v) is 6.35. The van der Waals surface area contributed by atoms with Gasteiger partial charge in [0.1, 0.15) is 0 Å². The van der Waals surface area contributed by atoms with E-state index in [2.05, 4.69) is 39.5 Å². The number of fused-ring (bicyclic) bond motifs is 2. The maximum Gasteiger partial charge on any atom is -0.00879 e. The van der Waals surface area contributed by atoms with Gasteiger partial charge in [-0.25, -0.2) is 10.0 Å². The second kappa shape index (κ2) is 3.42. The molecule has 90 valence electrons. The molecule has 2 rings (SSSR count). The van der Waals surface area contributed by atoms with E-state index < -0.39 is 0 Å².